The van der Waals surface area contributed by atoms with Crippen molar-refractivity contribution in [3.63, 3.8) is 0 Å². The Balaban J connectivity index is 3.79. The standard InChI is InChI=1S/C10H18O4Si/c1-7(2)9(11)14-8(3)6-15-10(12-4)13-5/h8,10H,1,6H2,2-5H3. The van der Waals surface area contributed by atoms with Crippen molar-refractivity contribution in [3.05, 3.63) is 12.2 Å². The summed E-state index contributed by atoms with van der Waals surface area (Å²) in [5.74, 6) is -0.560. The highest BCUT2D eigenvalue weighted by Gasteiger charge is 2.14. The topological polar surface area (TPSA) is 44.8 Å². The van der Waals surface area contributed by atoms with E-state index in [1.165, 1.54) is 0 Å². The minimum atomic E-state index is -0.348. The van der Waals surface area contributed by atoms with Crippen LogP contribution in [-0.4, -0.2) is 41.7 Å². The molecule has 5 heteroatoms. The van der Waals surface area contributed by atoms with Crippen molar-refractivity contribution in [2.45, 2.75) is 31.9 Å². The van der Waals surface area contributed by atoms with Crippen molar-refractivity contribution in [1.82, 2.24) is 0 Å². The van der Waals surface area contributed by atoms with Crippen LogP contribution in [0, 0.1) is 0 Å². The molecule has 1 atom stereocenters. The van der Waals surface area contributed by atoms with E-state index < -0.39 is 0 Å². The molecule has 0 amide bonds. The molecule has 0 aromatic heterocycles. The van der Waals surface area contributed by atoms with Gasteiger partial charge in [-0.15, -0.1) is 0 Å². The van der Waals surface area contributed by atoms with Gasteiger partial charge in [0.1, 0.15) is 15.4 Å². The minimum absolute atomic E-state index is 0.139. The first-order valence-corrected chi connectivity index (χ1v) is 5.95. The van der Waals surface area contributed by atoms with Crippen LogP contribution in [0.25, 0.3) is 0 Å². The highest BCUT2D eigenvalue weighted by Crippen LogP contribution is 2.04. The third-order valence-corrected chi connectivity index (χ3v) is 3.27. The van der Waals surface area contributed by atoms with Gasteiger partial charge < -0.3 is 14.2 Å². The van der Waals surface area contributed by atoms with Gasteiger partial charge in [0.2, 0.25) is 0 Å². The number of carbonyl (C=O) groups excluding carboxylic acids is 1. The second kappa shape index (κ2) is 7.61. The third-order valence-electron chi connectivity index (χ3n) is 1.66. The SMILES string of the molecule is C=C(C)C(=O)OC(C)C[Si]C(OC)OC. The van der Waals surface area contributed by atoms with Crippen LogP contribution in [0.1, 0.15) is 13.8 Å². The van der Waals surface area contributed by atoms with Crippen LogP contribution in [0.3, 0.4) is 0 Å². The average Bonchev–Trinajstić information content (AvgIpc) is 2.19. The molecule has 0 aliphatic rings. The van der Waals surface area contributed by atoms with Gasteiger partial charge in [-0.2, -0.15) is 0 Å². The zero-order valence-electron chi connectivity index (χ0n) is 9.70. The Bertz CT molecular complexity index is 213. The summed E-state index contributed by atoms with van der Waals surface area (Å²) in [4.78, 5) is 11.2. The summed E-state index contributed by atoms with van der Waals surface area (Å²) in [7, 11) is 3.62. The van der Waals surface area contributed by atoms with Gasteiger partial charge in [-0.05, 0) is 19.9 Å². The van der Waals surface area contributed by atoms with Crippen molar-refractivity contribution in [2.75, 3.05) is 14.2 Å². The summed E-state index contributed by atoms with van der Waals surface area (Å²) >= 11 is 0. The number of rotatable bonds is 7. The quantitative estimate of drug-likeness (QED) is 0.285. The van der Waals surface area contributed by atoms with Crippen LogP contribution in [-0.2, 0) is 19.0 Å². The third kappa shape index (κ3) is 6.43. The lowest BCUT2D eigenvalue weighted by atomic mass is 10.3. The lowest BCUT2D eigenvalue weighted by Crippen LogP contribution is -2.26. The molecule has 0 fully saturated rings. The van der Waals surface area contributed by atoms with Gasteiger partial charge in [-0.3, -0.25) is 0 Å². The minimum Gasteiger partial charge on any atom is -0.460 e. The number of hydrogen-bond donors (Lipinski definition) is 0. The van der Waals surface area contributed by atoms with Crippen LogP contribution in [0.2, 0.25) is 6.04 Å². The number of esters is 1. The van der Waals surface area contributed by atoms with E-state index in [1.807, 2.05) is 6.92 Å². The second-order valence-electron chi connectivity index (χ2n) is 3.21. The van der Waals surface area contributed by atoms with Crippen molar-refractivity contribution in [3.8, 4) is 0 Å². The van der Waals surface area contributed by atoms with Crippen LogP contribution >= 0.6 is 0 Å². The second-order valence-corrected chi connectivity index (χ2v) is 4.50. The van der Waals surface area contributed by atoms with Crippen LogP contribution in [0.4, 0.5) is 0 Å². The fourth-order valence-electron chi connectivity index (χ4n) is 0.850. The maximum atomic E-state index is 11.2. The predicted molar refractivity (Wildman–Crippen MR) is 58.7 cm³/mol. The molecule has 0 rings (SSSR count). The molecule has 0 bridgehead atoms. The van der Waals surface area contributed by atoms with Crippen molar-refractivity contribution >= 4 is 15.5 Å². The Labute approximate surface area is 93.4 Å². The van der Waals surface area contributed by atoms with E-state index in [0.29, 0.717) is 15.1 Å². The van der Waals surface area contributed by atoms with Gasteiger partial charge in [0, 0.05) is 19.8 Å². The fraction of sp³-hybridized carbons (Fsp3) is 0.700. The highest BCUT2D eigenvalue weighted by atomic mass is 28.2. The molecule has 0 saturated heterocycles. The number of methoxy groups -OCH3 is 2. The summed E-state index contributed by atoms with van der Waals surface area (Å²) in [6.45, 7) is 6.99. The Kier molecular flexibility index (Phi) is 7.28. The smallest absolute Gasteiger partial charge is 0.333 e. The van der Waals surface area contributed by atoms with Crippen LogP contribution in [0.5, 0.6) is 0 Å². The van der Waals surface area contributed by atoms with E-state index in [9.17, 15) is 4.79 Å². The van der Waals surface area contributed by atoms with Gasteiger partial charge in [-0.1, -0.05) is 6.58 Å². The lowest BCUT2D eigenvalue weighted by molar-refractivity contribution is -0.142. The Morgan fingerprint density at radius 1 is 1.40 bits per heavy atom. The Morgan fingerprint density at radius 2 is 1.93 bits per heavy atom. The Morgan fingerprint density at radius 3 is 2.33 bits per heavy atom. The first kappa shape index (κ1) is 14.3. The molecule has 0 N–H and O–H groups in total. The zero-order chi connectivity index (χ0) is 11.8. The van der Waals surface area contributed by atoms with E-state index in [2.05, 4.69) is 6.58 Å². The van der Waals surface area contributed by atoms with E-state index >= 15 is 0 Å². The maximum Gasteiger partial charge on any atom is 0.333 e. The van der Waals surface area contributed by atoms with Crippen molar-refractivity contribution < 1.29 is 19.0 Å². The molecule has 86 valence electrons. The molecule has 1 unspecified atom stereocenters. The molecule has 0 spiro atoms. The summed E-state index contributed by atoms with van der Waals surface area (Å²) in [5.41, 5.74) is 0.417. The molecule has 4 nitrogen and oxygen atoms in total. The van der Waals surface area contributed by atoms with Crippen LogP contribution in [0.15, 0.2) is 12.2 Å². The van der Waals surface area contributed by atoms with Gasteiger partial charge in [0.05, 0.1) is 6.10 Å². The number of ether oxygens (including phenoxy) is 3. The van der Waals surface area contributed by atoms with Gasteiger partial charge >= 0.3 is 5.97 Å². The molecular weight excluding hydrogens is 212 g/mol. The predicted octanol–water partition coefficient (Wildman–Crippen LogP) is 1.19. The monoisotopic (exact) mass is 230 g/mol. The lowest BCUT2D eigenvalue weighted by Gasteiger charge is -2.16. The normalized spacial score (nSPS) is 12.6. The number of hydrogen-bond acceptors (Lipinski definition) is 4. The summed E-state index contributed by atoms with van der Waals surface area (Å²) in [6, 6.07) is 0.728. The number of carbonyl (C=O) groups is 1. The fourth-order valence-corrected chi connectivity index (χ4v) is 1.79. The summed E-state index contributed by atoms with van der Waals surface area (Å²) in [5, 5.41) is 0. The molecule has 0 aliphatic carbocycles. The zero-order valence-corrected chi connectivity index (χ0v) is 10.7. The molecule has 0 saturated carbocycles. The molecule has 0 aromatic rings. The summed E-state index contributed by atoms with van der Waals surface area (Å²) in [6.07, 6.45) is -0.139. The largest absolute Gasteiger partial charge is 0.460 e. The van der Waals surface area contributed by atoms with E-state index in [0.717, 1.165) is 6.04 Å². The van der Waals surface area contributed by atoms with E-state index in [-0.39, 0.29) is 18.0 Å². The van der Waals surface area contributed by atoms with E-state index in [4.69, 9.17) is 14.2 Å². The first-order valence-electron chi connectivity index (χ1n) is 4.66. The maximum absolute atomic E-state index is 11.2. The van der Waals surface area contributed by atoms with Gasteiger partial charge in [-0.25, -0.2) is 4.79 Å². The molecule has 2 radical (unpaired) electrons. The highest BCUT2D eigenvalue weighted by molar-refractivity contribution is 6.36. The molecule has 0 aliphatic heterocycles. The van der Waals surface area contributed by atoms with Crippen LogP contribution < -0.4 is 0 Å². The van der Waals surface area contributed by atoms with E-state index in [1.54, 1.807) is 21.1 Å². The van der Waals surface area contributed by atoms with Gasteiger partial charge in [0.25, 0.3) is 0 Å². The first-order chi connectivity index (χ1) is 7.01. The molecule has 0 heterocycles. The average molecular weight is 230 g/mol. The Hall–Kier alpha value is -0.653. The summed E-state index contributed by atoms with van der Waals surface area (Å²) < 4.78 is 15.2. The molecular formula is C10H18O4Si. The van der Waals surface area contributed by atoms with Crippen molar-refractivity contribution in [2.24, 2.45) is 0 Å². The van der Waals surface area contributed by atoms with Gasteiger partial charge in [0.15, 0.2) is 0 Å². The molecule has 0 aromatic carbocycles. The molecule has 15 heavy (non-hydrogen) atoms. The van der Waals surface area contributed by atoms with Crippen molar-refractivity contribution in [1.29, 1.82) is 0 Å².